The first-order valence-electron chi connectivity index (χ1n) is 9.91. The van der Waals surface area contributed by atoms with E-state index in [1.807, 2.05) is 66.7 Å². The largest absolute Gasteiger partial charge is 0.483 e. The second kappa shape index (κ2) is 10.1. The molecule has 0 radical (unpaired) electrons. The van der Waals surface area contributed by atoms with Gasteiger partial charge in [0, 0.05) is 25.7 Å². The molecular weight excluding hydrogens is 412 g/mol. The monoisotopic (exact) mass is 438 g/mol. The van der Waals surface area contributed by atoms with Crippen LogP contribution >= 0.6 is 0 Å². The molecule has 0 fully saturated rings. The van der Waals surface area contributed by atoms with E-state index in [1.54, 1.807) is 20.2 Å². The summed E-state index contributed by atoms with van der Waals surface area (Å²) in [6, 6.07) is 20.8. The third-order valence-electron chi connectivity index (χ3n) is 4.78. The van der Waals surface area contributed by atoms with E-state index in [0.29, 0.717) is 12.2 Å². The second-order valence-corrected chi connectivity index (χ2v) is 9.15. The number of hydrogen-bond donors (Lipinski definition) is 1. The lowest BCUT2D eigenvalue weighted by Gasteiger charge is -2.13. The third-order valence-corrected chi connectivity index (χ3v) is 6.02. The Balaban J connectivity index is 1.70. The molecule has 0 saturated carbocycles. The molecule has 0 aliphatic carbocycles. The van der Waals surface area contributed by atoms with E-state index < -0.39 is 10.0 Å². The number of fused-ring (bicyclic) bond motifs is 1. The molecule has 0 spiro atoms. The predicted molar refractivity (Wildman–Crippen MR) is 124 cm³/mol. The highest BCUT2D eigenvalue weighted by Crippen LogP contribution is 2.28. The molecule has 6 nitrogen and oxygen atoms in total. The van der Waals surface area contributed by atoms with Crippen LogP contribution in [0.25, 0.3) is 16.8 Å². The molecule has 0 atom stereocenters. The highest BCUT2D eigenvalue weighted by atomic mass is 32.2. The van der Waals surface area contributed by atoms with Crippen molar-refractivity contribution < 1.29 is 17.9 Å². The smallest absolute Gasteiger partial charge is 0.259 e. The quantitative estimate of drug-likeness (QED) is 0.555. The van der Waals surface area contributed by atoms with E-state index in [4.69, 9.17) is 4.74 Å². The number of hydrogen-bond acceptors (Lipinski definition) is 4. The third kappa shape index (κ3) is 6.33. The Morgan fingerprint density at radius 3 is 2.42 bits per heavy atom. The molecule has 3 rings (SSSR count). The average Bonchev–Trinajstić information content (AvgIpc) is 2.77. The zero-order valence-corrected chi connectivity index (χ0v) is 18.4. The van der Waals surface area contributed by atoms with Crippen LogP contribution in [0.15, 0.2) is 72.9 Å². The van der Waals surface area contributed by atoms with Crippen LogP contribution in [0, 0.1) is 0 Å². The zero-order chi connectivity index (χ0) is 22.3. The summed E-state index contributed by atoms with van der Waals surface area (Å²) in [5.74, 6) is 0.485. The van der Waals surface area contributed by atoms with Crippen LogP contribution in [0.5, 0.6) is 5.75 Å². The second-order valence-electron chi connectivity index (χ2n) is 7.28. The molecule has 0 heterocycles. The molecule has 0 unspecified atom stereocenters. The normalized spacial score (nSPS) is 11.5. The van der Waals surface area contributed by atoms with E-state index in [1.165, 1.54) is 11.1 Å². The van der Waals surface area contributed by atoms with Gasteiger partial charge in [0.05, 0.1) is 5.75 Å². The molecule has 0 aromatic heterocycles. The van der Waals surface area contributed by atoms with Crippen LogP contribution in [-0.4, -0.2) is 45.7 Å². The summed E-state index contributed by atoms with van der Waals surface area (Å²) in [5.41, 5.74) is 1.82. The number of aryl methyl sites for hydroxylation is 1. The molecule has 162 valence electrons. The van der Waals surface area contributed by atoms with Crippen LogP contribution in [-0.2, 0) is 21.2 Å². The standard InChI is InChI=1S/C24H26N2O4S/c1-26(2)24(27)18-30-23-13-7-11-21-20(10-6-12-22(21)23)14-16-25-31(28,29)17-15-19-8-4-3-5-9-19/h3-14,16,25H,15,17-18H2,1-2H3. The van der Waals surface area contributed by atoms with Crippen molar-refractivity contribution in [3.63, 3.8) is 0 Å². The van der Waals surface area contributed by atoms with Crippen LogP contribution in [0.4, 0.5) is 0 Å². The number of likely N-dealkylation sites (N-methyl/N-ethyl adjacent to an activating group) is 1. The fourth-order valence-electron chi connectivity index (χ4n) is 3.03. The fraction of sp³-hybridized carbons (Fsp3) is 0.208. The lowest BCUT2D eigenvalue weighted by molar-refractivity contribution is -0.130. The van der Waals surface area contributed by atoms with Gasteiger partial charge in [-0.25, -0.2) is 8.42 Å². The van der Waals surface area contributed by atoms with Crippen molar-refractivity contribution in [2.45, 2.75) is 6.42 Å². The van der Waals surface area contributed by atoms with Gasteiger partial charge in [-0.15, -0.1) is 0 Å². The fourth-order valence-corrected chi connectivity index (χ4v) is 3.93. The highest BCUT2D eigenvalue weighted by molar-refractivity contribution is 7.89. The number of sulfonamides is 1. The van der Waals surface area contributed by atoms with Crippen molar-refractivity contribution in [3.8, 4) is 5.75 Å². The molecular formula is C24H26N2O4S. The number of benzene rings is 3. The predicted octanol–water partition coefficient (Wildman–Crippen LogP) is 3.44. The van der Waals surface area contributed by atoms with E-state index in [9.17, 15) is 13.2 Å². The lowest BCUT2D eigenvalue weighted by Crippen LogP contribution is -2.27. The van der Waals surface area contributed by atoms with Gasteiger partial charge >= 0.3 is 0 Å². The average molecular weight is 439 g/mol. The molecule has 1 N–H and O–H groups in total. The Hall–Kier alpha value is -3.32. The summed E-state index contributed by atoms with van der Waals surface area (Å²) in [5, 5.41) is 1.75. The van der Waals surface area contributed by atoms with E-state index in [-0.39, 0.29) is 18.3 Å². The maximum Gasteiger partial charge on any atom is 0.259 e. The summed E-state index contributed by atoms with van der Waals surface area (Å²) < 4.78 is 32.8. The number of ether oxygens (including phenoxy) is 1. The summed E-state index contributed by atoms with van der Waals surface area (Å²) in [4.78, 5) is 13.3. The van der Waals surface area contributed by atoms with Crippen LogP contribution in [0.1, 0.15) is 11.1 Å². The van der Waals surface area contributed by atoms with Crippen molar-refractivity contribution >= 4 is 32.8 Å². The van der Waals surface area contributed by atoms with Crippen molar-refractivity contribution in [2.24, 2.45) is 0 Å². The maximum atomic E-state index is 12.3. The summed E-state index contributed by atoms with van der Waals surface area (Å²) in [6.07, 6.45) is 3.61. The van der Waals surface area contributed by atoms with E-state index in [2.05, 4.69) is 4.72 Å². The summed E-state index contributed by atoms with van der Waals surface area (Å²) in [6.45, 7) is -0.0482. The van der Waals surface area contributed by atoms with Crippen molar-refractivity contribution in [3.05, 3.63) is 84.1 Å². The van der Waals surface area contributed by atoms with Gasteiger partial charge in [-0.2, -0.15) is 0 Å². The number of rotatable bonds is 9. The van der Waals surface area contributed by atoms with Crippen LogP contribution in [0.3, 0.4) is 0 Å². The van der Waals surface area contributed by atoms with E-state index in [0.717, 1.165) is 21.9 Å². The van der Waals surface area contributed by atoms with Crippen molar-refractivity contribution in [1.29, 1.82) is 0 Å². The van der Waals surface area contributed by atoms with Gasteiger partial charge in [0.25, 0.3) is 5.91 Å². The number of carbonyl (C=O) groups excluding carboxylic acids is 1. The van der Waals surface area contributed by atoms with Gasteiger partial charge in [0.15, 0.2) is 6.61 Å². The maximum absolute atomic E-state index is 12.3. The van der Waals surface area contributed by atoms with Crippen LogP contribution < -0.4 is 9.46 Å². The molecule has 0 aliphatic heterocycles. The van der Waals surface area contributed by atoms with E-state index >= 15 is 0 Å². The van der Waals surface area contributed by atoms with Gasteiger partial charge < -0.3 is 9.64 Å². The minimum Gasteiger partial charge on any atom is -0.483 e. The number of amides is 1. The minimum atomic E-state index is -3.44. The molecule has 3 aromatic rings. The van der Waals surface area contributed by atoms with Crippen LogP contribution in [0.2, 0.25) is 0 Å². The molecule has 1 amide bonds. The van der Waals surface area contributed by atoms with Gasteiger partial charge in [0.2, 0.25) is 10.0 Å². The lowest BCUT2D eigenvalue weighted by atomic mass is 10.0. The zero-order valence-electron chi connectivity index (χ0n) is 17.6. The summed E-state index contributed by atoms with van der Waals surface area (Å²) >= 11 is 0. The Morgan fingerprint density at radius 2 is 1.68 bits per heavy atom. The molecule has 0 bridgehead atoms. The Labute approximate surface area is 183 Å². The number of carbonyl (C=O) groups is 1. The Kier molecular flexibility index (Phi) is 7.31. The topological polar surface area (TPSA) is 75.7 Å². The molecule has 0 saturated heterocycles. The van der Waals surface area contributed by atoms with Gasteiger partial charge in [-0.05, 0) is 35.1 Å². The van der Waals surface area contributed by atoms with Gasteiger partial charge in [-0.3, -0.25) is 9.52 Å². The first kappa shape index (κ1) is 22.4. The molecule has 3 aromatic carbocycles. The SMILES string of the molecule is CN(C)C(=O)COc1cccc2c(C=CNS(=O)(=O)CCc3ccccc3)cccc12. The Morgan fingerprint density at radius 1 is 0.968 bits per heavy atom. The number of nitrogens with one attached hydrogen (secondary N) is 1. The minimum absolute atomic E-state index is 0.00871. The highest BCUT2D eigenvalue weighted by Gasteiger charge is 2.10. The first-order valence-corrected chi connectivity index (χ1v) is 11.6. The van der Waals surface area contributed by atoms with Gasteiger partial charge in [-0.1, -0.05) is 60.7 Å². The van der Waals surface area contributed by atoms with Crippen molar-refractivity contribution in [1.82, 2.24) is 9.62 Å². The molecule has 7 heteroatoms. The molecule has 31 heavy (non-hydrogen) atoms. The molecule has 0 aliphatic rings. The van der Waals surface area contributed by atoms with Crippen molar-refractivity contribution in [2.75, 3.05) is 26.5 Å². The Bertz CT molecular complexity index is 1170. The first-order chi connectivity index (χ1) is 14.9. The summed E-state index contributed by atoms with van der Waals surface area (Å²) in [7, 11) is -0.0830. The van der Waals surface area contributed by atoms with Gasteiger partial charge in [0.1, 0.15) is 5.75 Å². The number of nitrogens with zero attached hydrogens (tertiary/aromatic N) is 1.